The minimum absolute atomic E-state index is 0.826. The molecular formula is C10H19N. The lowest BCUT2D eigenvalue weighted by Crippen LogP contribution is -2.08. The standard InChI is InChI=1S/C10H19N/c1-2-3-4-5-6-10-7-8-11-9-10/h7-8,10-11H,2-6,9H2,1H3. The summed E-state index contributed by atoms with van der Waals surface area (Å²) in [6.07, 6.45) is 11.3. The molecule has 1 rings (SSSR count). The molecule has 0 radical (unpaired) electrons. The van der Waals surface area contributed by atoms with Crippen LogP contribution in [0.1, 0.15) is 39.0 Å². The molecule has 0 spiro atoms. The van der Waals surface area contributed by atoms with Crippen molar-refractivity contribution in [2.24, 2.45) is 5.92 Å². The Kier molecular flexibility index (Phi) is 4.10. The van der Waals surface area contributed by atoms with Crippen molar-refractivity contribution >= 4 is 0 Å². The Morgan fingerprint density at radius 1 is 1.36 bits per heavy atom. The smallest absolute Gasteiger partial charge is 0.0204 e. The summed E-state index contributed by atoms with van der Waals surface area (Å²) < 4.78 is 0. The second-order valence-electron chi connectivity index (χ2n) is 3.38. The maximum Gasteiger partial charge on any atom is 0.0204 e. The van der Waals surface area contributed by atoms with Gasteiger partial charge in [-0.15, -0.1) is 0 Å². The van der Waals surface area contributed by atoms with E-state index in [1.54, 1.807) is 0 Å². The zero-order valence-electron chi connectivity index (χ0n) is 7.47. The Labute approximate surface area is 69.9 Å². The molecule has 64 valence electrons. The van der Waals surface area contributed by atoms with Crippen molar-refractivity contribution in [3.05, 3.63) is 12.3 Å². The lowest BCUT2D eigenvalue weighted by Gasteiger charge is -2.05. The molecule has 0 bridgehead atoms. The van der Waals surface area contributed by atoms with Crippen molar-refractivity contribution in [2.75, 3.05) is 6.54 Å². The van der Waals surface area contributed by atoms with Crippen LogP contribution in [-0.2, 0) is 0 Å². The quantitative estimate of drug-likeness (QED) is 0.599. The van der Waals surface area contributed by atoms with E-state index < -0.39 is 0 Å². The minimum atomic E-state index is 0.826. The molecule has 1 atom stereocenters. The van der Waals surface area contributed by atoms with Crippen LogP contribution in [0.4, 0.5) is 0 Å². The minimum Gasteiger partial charge on any atom is -0.391 e. The van der Waals surface area contributed by atoms with Gasteiger partial charge in [-0.1, -0.05) is 38.7 Å². The van der Waals surface area contributed by atoms with Gasteiger partial charge >= 0.3 is 0 Å². The zero-order valence-corrected chi connectivity index (χ0v) is 7.47. The Hall–Kier alpha value is -0.460. The molecule has 11 heavy (non-hydrogen) atoms. The second kappa shape index (κ2) is 5.22. The monoisotopic (exact) mass is 153 g/mol. The molecule has 0 aromatic rings. The third-order valence-electron chi connectivity index (χ3n) is 2.29. The number of unbranched alkanes of at least 4 members (excludes halogenated alkanes) is 3. The highest BCUT2D eigenvalue weighted by Crippen LogP contribution is 2.13. The molecular weight excluding hydrogens is 134 g/mol. The average molecular weight is 153 g/mol. The van der Waals surface area contributed by atoms with Crippen LogP contribution in [0.15, 0.2) is 12.3 Å². The summed E-state index contributed by atoms with van der Waals surface area (Å²) in [4.78, 5) is 0. The van der Waals surface area contributed by atoms with Crippen molar-refractivity contribution in [3.8, 4) is 0 Å². The number of hydrogen-bond donors (Lipinski definition) is 1. The van der Waals surface area contributed by atoms with Gasteiger partial charge in [0.05, 0.1) is 0 Å². The first kappa shape index (κ1) is 8.63. The number of hydrogen-bond acceptors (Lipinski definition) is 1. The highest BCUT2D eigenvalue weighted by molar-refractivity contribution is 4.95. The summed E-state index contributed by atoms with van der Waals surface area (Å²) in [5.41, 5.74) is 0. The van der Waals surface area contributed by atoms with Gasteiger partial charge in [-0.2, -0.15) is 0 Å². The lowest BCUT2D eigenvalue weighted by atomic mass is 10.0. The first-order valence-electron chi connectivity index (χ1n) is 4.83. The van der Waals surface area contributed by atoms with E-state index in [0.717, 1.165) is 5.92 Å². The molecule has 0 aliphatic carbocycles. The van der Waals surface area contributed by atoms with Crippen LogP contribution in [-0.4, -0.2) is 6.54 Å². The molecule has 1 unspecified atom stereocenters. The van der Waals surface area contributed by atoms with Crippen LogP contribution in [0.5, 0.6) is 0 Å². The molecule has 1 heteroatoms. The molecule has 1 aliphatic heterocycles. The number of rotatable bonds is 5. The van der Waals surface area contributed by atoms with Gasteiger partial charge < -0.3 is 5.32 Å². The third kappa shape index (κ3) is 3.45. The van der Waals surface area contributed by atoms with Crippen LogP contribution in [0.2, 0.25) is 0 Å². The van der Waals surface area contributed by atoms with Gasteiger partial charge in [0, 0.05) is 6.54 Å². The van der Waals surface area contributed by atoms with E-state index in [1.165, 1.54) is 38.6 Å². The molecule has 1 aliphatic rings. The first-order chi connectivity index (χ1) is 5.43. The molecule has 0 saturated carbocycles. The molecule has 0 aromatic carbocycles. The highest BCUT2D eigenvalue weighted by Gasteiger charge is 2.06. The Balaban J connectivity index is 1.90. The highest BCUT2D eigenvalue weighted by atomic mass is 14.9. The maximum atomic E-state index is 3.23. The van der Waals surface area contributed by atoms with Gasteiger partial charge in [0.15, 0.2) is 0 Å². The fraction of sp³-hybridized carbons (Fsp3) is 0.800. The molecule has 1 heterocycles. The molecule has 0 fully saturated rings. The molecule has 0 amide bonds. The average Bonchev–Trinajstić information content (AvgIpc) is 2.50. The number of nitrogens with one attached hydrogen (secondary N) is 1. The van der Waals surface area contributed by atoms with Crippen molar-refractivity contribution in [2.45, 2.75) is 39.0 Å². The van der Waals surface area contributed by atoms with Gasteiger partial charge in [0.25, 0.3) is 0 Å². The first-order valence-corrected chi connectivity index (χ1v) is 4.83. The Morgan fingerprint density at radius 2 is 2.27 bits per heavy atom. The summed E-state index contributed by atoms with van der Waals surface area (Å²) >= 11 is 0. The van der Waals surface area contributed by atoms with Gasteiger partial charge in [0.2, 0.25) is 0 Å². The van der Waals surface area contributed by atoms with E-state index in [4.69, 9.17) is 0 Å². The Morgan fingerprint density at radius 3 is 2.91 bits per heavy atom. The fourth-order valence-corrected chi connectivity index (χ4v) is 1.52. The topological polar surface area (TPSA) is 12.0 Å². The summed E-state index contributed by atoms with van der Waals surface area (Å²) in [6, 6.07) is 0. The molecule has 0 aromatic heterocycles. The lowest BCUT2D eigenvalue weighted by molar-refractivity contribution is 0.537. The fourth-order valence-electron chi connectivity index (χ4n) is 1.52. The van der Waals surface area contributed by atoms with Gasteiger partial charge in [-0.3, -0.25) is 0 Å². The van der Waals surface area contributed by atoms with Gasteiger partial charge in [-0.05, 0) is 18.5 Å². The maximum absolute atomic E-state index is 3.23. The van der Waals surface area contributed by atoms with E-state index in [2.05, 4.69) is 24.5 Å². The van der Waals surface area contributed by atoms with E-state index in [-0.39, 0.29) is 0 Å². The van der Waals surface area contributed by atoms with Gasteiger partial charge in [0.1, 0.15) is 0 Å². The summed E-state index contributed by atoms with van der Waals surface area (Å²) in [5.74, 6) is 0.826. The predicted molar refractivity (Wildman–Crippen MR) is 49.4 cm³/mol. The largest absolute Gasteiger partial charge is 0.391 e. The van der Waals surface area contributed by atoms with E-state index in [9.17, 15) is 0 Å². The normalized spacial score (nSPS) is 22.1. The van der Waals surface area contributed by atoms with E-state index in [1.807, 2.05) is 0 Å². The Bertz CT molecular complexity index is 118. The van der Waals surface area contributed by atoms with Crippen LogP contribution >= 0.6 is 0 Å². The SMILES string of the molecule is CCCCCCC1C=CNC1. The van der Waals surface area contributed by atoms with Crippen molar-refractivity contribution < 1.29 is 0 Å². The van der Waals surface area contributed by atoms with Crippen LogP contribution in [0, 0.1) is 5.92 Å². The summed E-state index contributed by atoms with van der Waals surface area (Å²) in [5, 5.41) is 3.23. The second-order valence-corrected chi connectivity index (χ2v) is 3.38. The van der Waals surface area contributed by atoms with E-state index in [0.29, 0.717) is 0 Å². The van der Waals surface area contributed by atoms with E-state index >= 15 is 0 Å². The third-order valence-corrected chi connectivity index (χ3v) is 2.29. The predicted octanol–water partition coefficient (Wildman–Crippen LogP) is 2.69. The molecule has 0 saturated heterocycles. The molecule has 1 nitrogen and oxygen atoms in total. The van der Waals surface area contributed by atoms with Gasteiger partial charge in [-0.25, -0.2) is 0 Å². The summed E-state index contributed by atoms with van der Waals surface area (Å²) in [6.45, 7) is 3.43. The van der Waals surface area contributed by atoms with Crippen molar-refractivity contribution in [3.63, 3.8) is 0 Å². The molecule has 1 N–H and O–H groups in total. The summed E-state index contributed by atoms with van der Waals surface area (Å²) in [7, 11) is 0. The van der Waals surface area contributed by atoms with Crippen LogP contribution in [0.25, 0.3) is 0 Å². The van der Waals surface area contributed by atoms with Crippen LogP contribution in [0.3, 0.4) is 0 Å². The van der Waals surface area contributed by atoms with Crippen LogP contribution < -0.4 is 5.32 Å². The zero-order chi connectivity index (χ0) is 7.94. The van der Waals surface area contributed by atoms with Crippen molar-refractivity contribution in [1.82, 2.24) is 5.32 Å². The van der Waals surface area contributed by atoms with Crippen molar-refractivity contribution in [1.29, 1.82) is 0 Å².